The number of hydrogen-bond donors (Lipinski definition) is 0. The number of carbonyl (C=O) groups excluding carboxylic acids is 1. The lowest BCUT2D eigenvalue weighted by Crippen LogP contribution is -2.48. The predicted octanol–water partition coefficient (Wildman–Crippen LogP) is 4.03. The van der Waals surface area contributed by atoms with Crippen molar-refractivity contribution < 1.29 is 19.0 Å². The molecule has 0 spiro atoms. The van der Waals surface area contributed by atoms with Gasteiger partial charge < -0.3 is 14.2 Å². The van der Waals surface area contributed by atoms with Crippen molar-refractivity contribution >= 4 is 6.29 Å². The molecule has 4 heteroatoms. The van der Waals surface area contributed by atoms with Crippen LogP contribution in [0.3, 0.4) is 0 Å². The van der Waals surface area contributed by atoms with Crippen LogP contribution in [-0.4, -0.2) is 31.4 Å². The third-order valence-electron chi connectivity index (χ3n) is 4.66. The van der Waals surface area contributed by atoms with Crippen LogP contribution in [0.5, 0.6) is 0 Å². The number of ether oxygens (including phenoxy) is 3. The molecule has 3 rings (SSSR count). The molecule has 0 bridgehead atoms. The topological polar surface area (TPSA) is 44.8 Å². The minimum Gasteiger partial charge on any atom is -0.374 e. The fourth-order valence-corrected chi connectivity index (χ4v) is 3.26. The van der Waals surface area contributed by atoms with Crippen LogP contribution in [0.1, 0.15) is 35.3 Å². The van der Waals surface area contributed by atoms with Crippen LogP contribution < -0.4 is 0 Å². The second kappa shape index (κ2) is 8.58. The highest BCUT2D eigenvalue weighted by atomic mass is 16.7. The normalized spacial score (nSPS) is 22.1. The first kappa shape index (κ1) is 18.8. The molecule has 1 fully saturated rings. The summed E-state index contributed by atoms with van der Waals surface area (Å²) < 4.78 is 17.9. The molecule has 0 aromatic heterocycles. The van der Waals surface area contributed by atoms with E-state index in [0.717, 1.165) is 29.4 Å². The summed E-state index contributed by atoms with van der Waals surface area (Å²) in [4.78, 5) is 11.3. The fourth-order valence-electron chi connectivity index (χ4n) is 3.26. The van der Waals surface area contributed by atoms with E-state index in [1.165, 1.54) is 0 Å². The number of carbonyl (C=O) groups is 1. The van der Waals surface area contributed by atoms with Gasteiger partial charge in [0.1, 0.15) is 6.29 Å². The van der Waals surface area contributed by atoms with E-state index in [9.17, 15) is 4.79 Å². The SMILES string of the molecule is CC1(C)OCC(Cc2ccccc2C=O)C(COCc2ccccc2)O1. The van der Waals surface area contributed by atoms with E-state index in [-0.39, 0.29) is 12.0 Å². The maximum Gasteiger partial charge on any atom is 0.163 e. The molecule has 0 aliphatic carbocycles. The summed E-state index contributed by atoms with van der Waals surface area (Å²) in [6.07, 6.45) is 1.55. The number of benzene rings is 2. The van der Waals surface area contributed by atoms with Gasteiger partial charge in [0.25, 0.3) is 0 Å². The van der Waals surface area contributed by atoms with Crippen molar-refractivity contribution in [2.45, 2.75) is 38.8 Å². The van der Waals surface area contributed by atoms with Crippen molar-refractivity contribution in [3.8, 4) is 0 Å². The molecule has 2 atom stereocenters. The molecule has 1 aliphatic rings. The van der Waals surface area contributed by atoms with Crippen molar-refractivity contribution in [2.75, 3.05) is 13.2 Å². The third kappa shape index (κ3) is 5.01. The average Bonchev–Trinajstić information content (AvgIpc) is 2.65. The van der Waals surface area contributed by atoms with Gasteiger partial charge in [-0.1, -0.05) is 54.6 Å². The van der Waals surface area contributed by atoms with Crippen LogP contribution >= 0.6 is 0 Å². The van der Waals surface area contributed by atoms with Crippen LogP contribution in [0.4, 0.5) is 0 Å². The highest BCUT2D eigenvalue weighted by Gasteiger charge is 2.36. The van der Waals surface area contributed by atoms with Gasteiger partial charge in [0, 0.05) is 11.5 Å². The molecule has 1 heterocycles. The molecule has 4 nitrogen and oxygen atoms in total. The van der Waals surface area contributed by atoms with Gasteiger partial charge in [-0.15, -0.1) is 0 Å². The molecule has 1 saturated heterocycles. The van der Waals surface area contributed by atoms with Gasteiger partial charge in [0.15, 0.2) is 5.79 Å². The molecular formula is C22H26O4. The zero-order valence-electron chi connectivity index (χ0n) is 15.4. The van der Waals surface area contributed by atoms with Gasteiger partial charge >= 0.3 is 0 Å². The Hall–Kier alpha value is -2.01. The quantitative estimate of drug-likeness (QED) is 0.704. The van der Waals surface area contributed by atoms with Crippen LogP contribution in [0.15, 0.2) is 54.6 Å². The van der Waals surface area contributed by atoms with Crippen LogP contribution in [0.25, 0.3) is 0 Å². The molecule has 2 aromatic rings. The molecule has 0 amide bonds. The molecule has 2 aromatic carbocycles. The summed E-state index contributed by atoms with van der Waals surface area (Å²) in [7, 11) is 0. The summed E-state index contributed by atoms with van der Waals surface area (Å²) in [6.45, 7) is 5.48. The van der Waals surface area contributed by atoms with Crippen molar-refractivity contribution in [1.82, 2.24) is 0 Å². The first-order valence-electron chi connectivity index (χ1n) is 9.04. The van der Waals surface area contributed by atoms with Gasteiger partial charge in [-0.2, -0.15) is 0 Å². The Morgan fingerprint density at radius 2 is 1.85 bits per heavy atom. The lowest BCUT2D eigenvalue weighted by Gasteiger charge is -2.41. The molecular weight excluding hydrogens is 328 g/mol. The van der Waals surface area contributed by atoms with E-state index in [1.54, 1.807) is 0 Å². The van der Waals surface area contributed by atoms with E-state index < -0.39 is 5.79 Å². The summed E-state index contributed by atoms with van der Waals surface area (Å²) in [5, 5.41) is 0. The maximum atomic E-state index is 11.3. The van der Waals surface area contributed by atoms with E-state index in [1.807, 2.05) is 68.4 Å². The lowest BCUT2D eigenvalue weighted by atomic mass is 9.91. The fraction of sp³-hybridized carbons (Fsp3) is 0.409. The van der Waals surface area contributed by atoms with Crippen LogP contribution in [0, 0.1) is 5.92 Å². The predicted molar refractivity (Wildman–Crippen MR) is 100 cm³/mol. The van der Waals surface area contributed by atoms with E-state index in [0.29, 0.717) is 19.8 Å². The number of rotatable bonds is 7. The van der Waals surface area contributed by atoms with Crippen molar-refractivity contribution in [2.24, 2.45) is 5.92 Å². The van der Waals surface area contributed by atoms with Gasteiger partial charge in [0.2, 0.25) is 0 Å². The maximum absolute atomic E-state index is 11.3. The minimum absolute atomic E-state index is 0.0813. The molecule has 1 aliphatic heterocycles. The Morgan fingerprint density at radius 3 is 2.62 bits per heavy atom. The summed E-state index contributed by atoms with van der Waals surface area (Å²) >= 11 is 0. The van der Waals surface area contributed by atoms with Gasteiger partial charge in [-0.25, -0.2) is 0 Å². The van der Waals surface area contributed by atoms with Crippen molar-refractivity contribution in [3.05, 3.63) is 71.3 Å². The monoisotopic (exact) mass is 354 g/mol. The van der Waals surface area contributed by atoms with Crippen LogP contribution in [0.2, 0.25) is 0 Å². The largest absolute Gasteiger partial charge is 0.374 e. The standard InChI is InChI=1S/C22H26O4/c1-22(2)25-15-20(12-18-10-6-7-11-19(18)13-23)21(26-22)16-24-14-17-8-4-3-5-9-17/h3-11,13,20-21H,12,14-16H2,1-2H3. The third-order valence-corrected chi connectivity index (χ3v) is 4.66. The molecule has 0 radical (unpaired) electrons. The van der Waals surface area contributed by atoms with Gasteiger partial charge in [-0.05, 0) is 31.4 Å². The summed E-state index contributed by atoms with van der Waals surface area (Å²) in [5.41, 5.74) is 2.88. The Labute approximate surface area is 155 Å². The first-order valence-corrected chi connectivity index (χ1v) is 9.04. The zero-order valence-corrected chi connectivity index (χ0v) is 15.4. The zero-order chi connectivity index (χ0) is 18.4. The average molecular weight is 354 g/mol. The Morgan fingerprint density at radius 1 is 1.12 bits per heavy atom. The van der Waals surface area contributed by atoms with Crippen molar-refractivity contribution in [3.63, 3.8) is 0 Å². The van der Waals surface area contributed by atoms with Gasteiger partial charge in [0.05, 0.1) is 25.9 Å². The van der Waals surface area contributed by atoms with E-state index >= 15 is 0 Å². The highest BCUT2D eigenvalue weighted by molar-refractivity contribution is 5.77. The lowest BCUT2D eigenvalue weighted by molar-refractivity contribution is -0.300. The number of hydrogen-bond acceptors (Lipinski definition) is 4. The Balaban J connectivity index is 1.65. The number of aldehydes is 1. The second-order valence-electron chi connectivity index (χ2n) is 7.15. The molecule has 26 heavy (non-hydrogen) atoms. The first-order chi connectivity index (χ1) is 12.6. The van der Waals surface area contributed by atoms with E-state index in [2.05, 4.69) is 0 Å². The second-order valence-corrected chi connectivity index (χ2v) is 7.15. The smallest absolute Gasteiger partial charge is 0.163 e. The molecule has 2 unspecified atom stereocenters. The summed E-state index contributed by atoms with van der Waals surface area (Å²) in [6, 6.07) is 17.8. The van der Waals surface area contributed by atoms with E-state index in [4.69, 9.17) is 14.2 Å². The van der Waals surface area contributed by atoms with Gasteiger partial charge in [-0.3, -0.25) is 4.79 Å². The van der Waals surface area contributed by atoms with Crippen LogP contribution in [-0.2, 0) is 27.2 Å². The van der Waals surface area contributed by atoms with Crippen molar-refractivity contribution in [1.29, 1.82) is 0 Å². The Bertz CT molecular complexity index is 711. The molecule has 138 valence electrons. The molecule has 0 saturated carbocycles. The Kier molecular flexibility index (Phi) is 6.20. The minimum atomic E-state index is -0.624. The highest BCUT2D eigenvalue weighted by Crippen LogP contribution is 2.29. The molecule has 0 N–H and O–H groups in total. The summed E-state index contributed by atoms with van der Waals surface area (Å²) in [5.74, 6) is -0.485.